The summed E-state index contributed by atoms with van der Waals surface area (Å²) in [5, 5.41) is 0. The van der Waals surface area contributed by atoms with Crippen molar-refractivity contribution in [3.63, 3.8) is 0 Å². The number of aromatic nitrogens is 1. The van der Waals surface area contributed by atoms with Gasteiger partial charge in [-0.05, 0) is 49.7 Å². The molecule has 1 heterocycles. The lowest BCUT2D eigenvalue weighted by atomic mass is 9.79. The lowest BCUT2D eigenvalue weighted by molar-refractivity contribution is -0.124. The lowest BCUT2D eigenvalue weighted by Crippen LogP contribution is -2.25. The van der Waals surface area contributed by atoms with E-state index in [0.29, 0.717) is 11.7 Å². The molecule has 0 bridgehead atoms. The summed E-state index contributed by atoms with van der Waals surface area (Å²) in [5.41, 5.74) is 2.36. The molecular weight excluding hydrogens is 210 g/mol. The molecule has 0 saturated heterocycles. The van der Waals surface area contributed by atoms with Crippen molar-refractivity contribution in [2.45, 2.75) is 44.9 Å². The molecule has 2 heteroatoms. The van der Waals surface area contributed by atoms with Crippen molar-refractivity contribution in [1.82, 2.24) is 4.98 Å². The molecule has 3 rings (SSSR count). The highest BCUT2D eigenvalue weighted by molar-refractivity contribution is 5.88. The topological polar surface area (TPSA) is 30.0 Å². The summed E-state index contributed by atoms with van der Waals surface area (Å²) in [6.07, 6.45) is 7.53. The predicted molar refractivity (Wildman–Crippen MR) is 66.8 cm³/mol. The molecule has 1 aromatic rings. The van der Waals surface area contributed by atoms with Crippen molar-refractivity contribution in [3.05, 3.63) is 29.6 Å². The first-order valence-electron chi connectivity index (χ1n) is 6.75. The van der Waals surface area contributed by atoms with Crippen LogP contribution >= 0.6 is 0 Å². The average Bonchev–Trinajstić information content (AvgIpc) is 3.20. The zero-order chi connectivity index (χ0) is 11.8. The molecule has 0 aromatic carbocycles. The number of hydrogen-bond acceptors (Lipinski definition) is 2. The predicted octanol–water partition coefficient (Wildman–Crippen LogP) is 3.12. The quantitative estimate of drug-likeness (QED) is 0.797. The smallest absolute Gasteiger partial charge is 0.144 e. The Labute approximate surface area is 102 Å². The van der Waals surface area contributed by atoms with E-state index in [9.17, 15) is 4.79 Å². The molecule has 2 atom stereocenters. The van der Waals surface area contributed by atoms with Gasteiger partial charge in [-0.25, -0.2) is 0 Å². The molecule has 17 heavy (non-hydrogen) atoms. The van der Waals surface area contributed by atoms with E-state index in [4.69, 9.17) is 0 Å². The van der Waals surface area contributed by atoms with Crippen molar-refractivity contribution in [2.75, 3.05) is 0 Å². The van der Waals surface area contributed by atoms with Crippen LogP contribution in [0.15, 0.2) is 18.3 Å². The minimum absolute atomic E-state index is 0.0792. The number of nitrogens with zero attached hydrogens (tertiary/aromatic N) is 1. The number of pyridine rings is 1. The van der Waals surface area contributed by atoms with Gasteiger partial charge in [-0.15, -0.1) is 0 Å². The molecule has 2 nitrogen and oxygen atoms in total. The van der Waals surface area contributed by atoms with E-state index >= 15 is 0 Å². The summed E-state index contributed by atoms with van der Waals surface area (Å²) in [7, 11) is 0. The molecule has 90 valence electrons. The Hall–Kier alpha value is -1.18. The lowest BCUT2D eigenvalue weighted by Gasteiger charge is -2.25. The van der Waals surface area contributed by atoms with Gasteiger partial charge < -0.3 is 0 Å². The maximum absolute atomic E-state index is 12.5. The highest BCUT2D eigenvalue weighted by Gasteiger charge is 2.37. The standard InChI is InChI=1S/C15H19NO/c1-10(11-7-8-11)15(17)13-6-2-4-12-5-3-9-16-14(12)13/h3,5,9-11,13H,2,4,6-8H2,1H3. The maximum Gasteiger partial charge on any atom is 0.144 e. The number of aryl methyl sites for hydroxylation is 1. The minimum Gasteiger partial charge on any atom is -0.299 e. The summed E-state index contributed by atoms with van der Waals surface area (Å²) >= 11 is 0. The number of Topliss-reactive ketones (excluding diaryl/α,β-unsaturated/α-hetero) is 1. The fraction of sp³-hybridized carbons (Fsp3) is 0.600. The second kappa shape index (κ2) is 4.25. The van der Waals surface area contributed by atoms with E-state index in [-0.39, 0.29) is 11.8 Å². The van der Waals surface area contributed by atoms with E-state index < -0.39 is 0 Å². The Morgan fingerprint density at radius 2 is 2.24 bits per heavy atom. The van der Waals surface area contributed by atoms with Crippen molar-refractivity contribution in [1.29, 1.82) is 0 Å². The van der Waals surface area contributed by atoms with Crippen LogP contribution in [0.4, 0.5) is 0 Å². The molecule has 1 fully saturated rings. The van der Waals surface area contributed by atoms with E-state index in [0.717, 1.165) is 25.0 Å². The van der Waals surface area contributed by atoms with E-state index in [1.807, 2.05) is 12.3 Å². The number of fused-ring (bicyclic) bond motifs is 1. The summed E-state index contributed by atoms with van der Waals surface area (Å²) < 4.78 is 0. The molecule has 0 amide bonds. The first-order chi connectivity index (χ1) is 8.27. The van der Waals surface area contributed by atoms with Crippen LogP contribution in [-0.2, 0) is 11.2 Å². The second-order valence-electron chi connectivity index (χ2n) is 5.52. The van der Waals surface area contributed by atoms with Crippen molar-refractivity contribution >= 4 is 5.78 Å². The molecule has 0 N–H and O–H groups in total. The van der Waals surface area contributed by atoms with E-state index in [1.165, 1.54) is 18.4 Å². The Morgan fingerprint density at radius 3 is 3.00 bits per heavy atom. The van der Waals surface area contributed by atoms with Crippen molar-refractivity contribution < 1.29 is 4.79 Å². The van der Waals surface area contributed by atoms with Crippen LogP contribution in [0.1, 0.15) is 49.8 Å². The third kappa shape index (κ3) is 2.01. The second-order valence-corrected chi connectivity index (χ2v) is 5.52. The summed E-state index contributed by atoms with van der Waals surface area (Å²) in [4.78, 5) is 17.0. The molecule has 2 unspecified atom stereocenters. The van der Waals surface area contributed by atoms with Gasteiger partial charge in [0.1, 0.15) is 5.78 Å². The van der Waals surface area contributed by atoms with Crippen LogP contribution in [0.2, 0.25) is 0 Å². The number of hydrogen-bond donors (Lipinski definition) is 0. The Balaban J connectivity index is 1.86. The molecule has 1 saturated carbocycles. The van der Waals surface area contributed by atoms with Crippen LogP contribution < -0.4 is 0 Å². The number of ketones is 1. The molecule has 2 aliphatic rings. The van der Waals surface area contributed by atoms with Crippen LogP contribution in [0, 0.1) is 11.8 Å². The minimum atomic E-state index is 0.0792. The SMILES string of the molecule is CC(C(=O)C1CCCc2cccnc21)C1CC1. The molecule has 0 radical (unpaired) electrons. The third-order valence-corrected chi connectivity index (χ3v) is 4.32. The fourth-order valence-corrected chi connectivity index (χ4v) is 3.03. The Bertz CT molecular complexity index is 436. The molecule has 2 aliphatic carbocycles. The van der Waals surface area contributed by atoms with Gasteiger partial charge in [0, 0.05) is 12.1 Å². The first-order valence-corrected chi connectivity index (χ1v) is 6.75. The first kappa shape index (κ1) is 10.9. The van der Waals surface area contributed by atoms with E-state index in [1.54, 1.807) is 0 Å². The van der Waals surface area contributed by atoms with E-state index in [2.05, 4.69) is 18.0 Å². The van der Waals surface area contributed by atoms with Gasteiger partial charge in [0.2, 0.25) is 0 Å². The van der Waals surface area contributed by atoms with Crippen molar-refractivity contribution in [2.24, 2.45) is 11.8 Å². The fourth-order valence-electron chi connectivity index (χ4n) is 3.03. The van der Waals surface area contributed by atoms with Gasteiger partial charge in [-0.3, -0.25) is 9.78 Å². The van der Waals surface area contributed by atoms with Gasteiger partial charge >= 0.3 is 0 Å². The highest BCUT2D eigenvalue weighted by Crippen LogP contribution is 2.41. The summed E-state index contributed by atoms with van der Waals surface area (Å²) in [5.74, 6) is 1.42. The van der Waals surface area contributed by atoms with Gasteiger partial charge in [0.15, 0.2) is 0 Å². The molecule has 1 aromatic heterocycles. The van der Waals surface area contributed by atoms with Gasteiger partial charge in [-0.2, -0.15) is 0 Å². The van der Waals surface area contributed by atoms with Crippen LogP contribution in [0.25, 0.3) is 0 Å². The van der Waals surface area contributed by atoms with Crippen LogP contribution in [-0.4, -0.2) is 10.8 Å². The van der Waals surface area contributed by atoms with Gasteiger partial charge in [0.05, 0.1) is 11.6 Å². The summed E-state index contributed by atoms with van der Waals surface area (Å²) in [6, 6.07) is 4.11. The van der Waals surface area contributed by atoms with Crippen LogP contribution in [0.3, 0.4) is 0 Å². The number of carbonyl (C=O) groups is 1. The molecular formula is C15H19NO. The summed E-state index contributed by atoms with van der Waals surface area (Å²) in [6.45, 7) is 2.11. The third-order valence-electron chi connectivity index (χ3n) is 4.32. The highest BCUT2D eigenvalue weighted by atomic mass is 16.1. The largest absolute Gasteiger partial charge is 0.299 e. The van der Waals surface area contributed by atoms with Crippen molar-refractivity contribution in [3.8, 4) is 0 Å². The van der Waals surface area contributed by atoms with Gasteiger partial charge in [-0.1, -0.05) is 13.0 Å². The molecule has 0 aliphatic heterocycles. The van der Waals surface area contributed by atoms with Gasteiger partial charge in [0.25, 0.3) is 0 Å². The normalized spacial score (nSPS) is 25.1. The zero-order valence-corrected chi connectivity index (χ0v) is 10.4. The Kier molecular flexibility index (Phi) is 2.73. The monoisotopic (exact) mass is 229 g/mol. The van der Waals surface area contributed by atoms with Crippen LogP contribution in [0.5, 0.6) is 0 Å². The number of rotatable bonds is 3. The maximum atomic E-state index is 12.5. The number of carbonyl (C=O) groups excluding carboxylic acids is 1. The average molecular weight is 229 g/mol. The zero-order valence-electron chi connectivity index (χ0n) is 10.4. The molecule has 0 spiro atoms. The Morgan fingerprint density at radius 1 is 1.41 bits per heavy atom.